The minimum atomic E-state index is -4.62. The van der Waals surface area contributed by atoms with E-state index in [1.54, 1.807) is 37.3 Å². The molecule has 0 bridgehead atoms. The summed E-state index contributed by atoms with van der Waals surface area (Å²) in [4.78, 5) is 3.65. The van der Waals surface area contributed by atoms with Gasteiger partial charge in [0.1, 0.15) is 18.5 Å². The molecule has 0 saturated carbocycles. The smallest absolute Gasteiger partial charge is 0.449 e. The number of aromatic nitrogens is 2. The zero-order valence-corrected chi connectivity index (χ0v) is 14.6. The number of halogens is 4. The first-order valence-electron chi connectivity index (χ1n) is 7.85. The van der Waals surface area contributed by atoms with E-state index >= 15 is 0 Å². The molecule has 0 aliphatic heterocycles. The lowest BCUT2D eigenvalue weighted by atomic mass is 10.2. The van der Waals surface area contributed by atoms with Crippen LogP contribution in [0.3, 0.4) is 0 Å². The summed E-state index contributed by atoms with van der Waals surface area (Å²) in [6, 6.07) is 11.3. The second kappa shape index (κ2) is 7.17. The summed E-state index contributed by atoms with van der Waals surface area (Å²) >= 11 is 5.93. The van der Waals surface area contributed by atoms with Crippen molar-refractivity contribution in [3.05, 3.63) is 58.9 Å². The van der Waals surface area contributed by atoms with Gasteiger partial charge in [-0.1, -0.05) is 23.7 Å². The molecule has 2 aromatic carbocycles. The highest BCUT2D eigenvalue weighted by molar-refractivity contribution is 6.31. The molecule has 0 saturated heterocycles. The molecule has 1 atom stereocenters. The molecule has 138 valence electrons. The highest BCUT2D eigenvalue weighted by Crippen LogP contribution is 2.31. The third-order valence-corrected chi connectivity index (χ3v) is 4.30. The van der Waals surface area contributed by atoms with E-state index in [4.69, 9.17) is 16.3 Å². The van der Waals surface area contributed by atoms with Crippen molar-refractivity contribution in [2.24, 2.45) is 0 Å². The van der Waals surface area contributed by atoms with Gasteiger partial charge in [-0.2, -0.15) is 13.2 Å². The van der Waals surface area contributed by atoms with Crippen LogP contribution in [0.25, 0.3) is 11.0 Å². The molecule has 1 aromatic heterocycles. The first kappa shape index (κ1) is 18.5. The number of rotatable bonds is 5. The van der Waals surface area contributed by atoms with Crippen molar-refractivity contribution in [3.8, 4) is 5.75 Å². The molecule has 8 heteroatoms. The van der Waals surface area contributed by atoms with E-state index in [1.807, 2.05) is 0 Å². The summed E-state index contributed by atoms with van der Waals surface area (Å²) in [6.07, 6.45) is -5.77. The van der Waals surface area contributed by atoms with Crippen molar-refractivity contribution in [1.29, 1.82) is 0 Å². The Bertz CT molecular complexity index is 924. The first-order valence-corrected chi connectivity index (χ1v) is 8.23. The van der Waals surface area contributed by atoms with Gasteiger partial charge in [-0.15, -0.1) is 0 Å². The van der Waals surface area contributed by atoms with Gasteiger partial charge < -0.3 is 14.4 Å². The lowest BCUT2D eigenvalue weighted by Crippen LogP contribution is -2.26. The summed E-state index contributed by atoms with van der Waals surface area (Å²) in [6.45, 7) is 1.35. The average Bonchev–Trinajstić information content (AvgIpc) is 2.95. The second-order valence-corrected chi connectivity index (χ2v) is 6.32. The van der Waals surface area contributed by atoms with Crippen molar-refractivity contribution < 1.29 is 23.0 Å². The number of aryl methyl sites for hydroxylation is 1. The molecule has 0 fully saturated rings. The molecule has 3 rings (SSSR count). The monoisotopic (exact) mass is 384 g/mol. The predicted molar refractivity (Wildman–Crippen MR) is 92.4 cm³/mol. The maximum atomic E-state index is 13.3. The van der Waals surface area contributed by atoms with E-state index in [0.717, 1.165) is 10.1 Å². The summed E-state index contributed by atoms with van der Waals surface area (Å²) in [7, 11) is 0. The summed E-state index contributed by atoms with van der Waals surface area (Å²) in [5.41, 5.74) is 1.33. The number of hydrogen-bond acceptors (Lipinski definition) is 3. The molecule has 0 aliphatic rings. The van der Waals surface area contributed by atoms with Crippen LogP contribution < -0.4 is 4.74 Å². The van der Waals surface area contributed by atoms with Gasteiger partial charge in [0.2, 0.25) is 5.82 Å². The fourth-order valence-electron chi connectivity index (χ4n) is 2.64. The molecule has 1 heterocycles. The lowest BCUT2D eigenvalue weighted by molar-refractivity contribution is -0.147. The van der Waals surface area contributed by atoms with Gasteiger partial charge in [0.25, 0.3) is 0 Å². The van der Waals surface area contributed by atoms with Gasteiger partial charge >= 0.3 is 6.18 Å². The molecule has 0 aliphatic carbocycles. The minimum absolute atomic E-state index is 0.162. The SMILES string of the molecule is Cc1cc(OC[C@@H](O)Cn2c(C(F)(F)F)nc3ccccc32)ccc1Cl. The maximum absolute atomic E-state index is 13.3. The Kier molecular flexibility index (Phi) is 5.11. The normalized spacial score (nSPS) is 13.2. The van der Waals surface area contributed by atoms with Gasteiger partial charge in [0.05, 0.1) is 17.6 Å². The van der Waals surface area contributed by atoms with Crippen LogP contribution in [0.2, 0.25) is 5.02 Å². The van der Waals surface area contributed by atoms with E-state index < -0.39 is 18.1 Å². The van der Waals surface area contributed by atoms with Gasteiger partial charge in [-0.05, 0) is 42.8 Å². The number of fused-ring (bicyclic) bond motifs is 1. The number of ether oxygens (including phenoxy) is 1. The second-order valence-electron chi connectivity index (χ2n) is 5.91. The predicted octanol–water partition coefficient (Wildman–Crippen LogP) is 4.46. The third kappa shape index (κ3) is 3.94. The molecule has 0 amide bonds. The minimum Gasteiger partial charge on any atom is -0.491 e. The summed E-state index contributed by atoms with van der Waals surface area (Å²) in [5, 5.41) is 10.8. The van der Waals surface area contributed by atoms with E-state index in [-0.39, 0.29) is 18.7 Å². The number of aliphatic hydroxyl groups excluding tert-OH is 1. The quantitative estimate of drug-likeness (QED) is 0.706. The summed E-state index contributed by atoms with van der Waals surface area (Å²) in [5.74, 6) is -0.558. The number of nitrogens with zero attached hydrogens (tertiary/aromatic N) is 2. The Morgan fingerprint density at radius 2 is 1.96 bits per heavy atom. The largest absolute Gasteiger partial charge is 0.491 e. The highest BCUT2D eigenvalue weighted by Gasteiger charge is 2.37. The zero-order chi connectivity index (χ0) is 18.9. The van der Waals surface area contributed by atoms with Crippen LogP contribution >= 0.6 is 11.6 Å². The fraction of sp³-hybridized carbons (Fsp3) is 0.278. The Labute approximate surface area is 152 Å². The molecule has 0 radical (unpaired) electrons. The van der Waals surface area contributed by atoms with Crippen molar-refractivity contribution in [3.63, 3.8) is 0 Å². The van der Waals surface area contributed by atoms with E-state index in [9.17, 15) is 18.3 Å². The number of aliphatic hydroxyl groups is 1. The van der Waals surface area contributed by atoms with Gasteiger partial charge in [-0.3, -0.25) is 0 Å². The maximum Gasteiger partial charge on any atom is 0.449 e. The Hall–Kier alpha value is -2.25. The van der Waals surface area contributed by atoms with Crippen LogP contribution in [0, 0.1) is 6.92 Å². The third-order valence-electron chi connectivity index (χ3n) is 3.87. The van der Waals surface area contributed by atoms with E-state index in [2.05, 4.69) is 4.98 Å². The zero-order valence-electron chi connectivity index (χ0n) is 13.8. The standard InChI is InChI=1S/C18H16ClF3N2O2/c1-11-8-13(6-7-14(11)19)26-10-12(25)9-24-16-5-3-2-4-15(16)23-17(24)18(20,21)22/h2-8,12,25H,9-10H2,1H3/t12-/m0/s1. The van der Waals surface area contributed by atoms with Gasteiger partial charge in [-0.25, -0.2) is 4.98 Å². The van der Waals surface area contributed by atoms with Crippen molar-refractivity contribution >= 4 is 22.6 Å². The van der Waals surface area contributed by atoms with Crippen LogP contribution in [0.5, 0.6) is 5.75 Å². The van der Waals surface area contributed by atoms with Crippen molar-refractivity contribution in [2.45, 2.75) is 25.7 Å². The number of benzene rings is 2. The van der Waals surface area contributed by atoms with Crippen LogP contribution in [0.1, 0.15) is 11.4 Å². The molecular weight excluding hydrogens is 369 g/mol. The van der Waals surface area contributed by atoms with Crippen LogP contribution in [-0.4, -0.2) is 27.4 Å². The van der Waals surface area contributed by atoms with Crippen molar-refractivity contribution in [2.75, 3.05) is 6.61 Å². The molecule has 26 heavy (non-hydrogen) atoms. The number of alkyl halides is 3. The van der Waals surface area contributed by atoms with E-state index in [0.29, 0.717) is 16.3 Å². The summed E-state index contributed by atoms with van der Waals surface area (Å²) < 4.78 is 46.2. The molecule has 0 spiro atoms. The fourth-order valence-corrected chi connectivity index (χ4v) is 2.76. The Morgan fingerprint density at radius 3 is 2.65 bits per heavy atom. The number of para-hydroxylation sites is 2. The Morgan fingerprint density at radius 1 is 1.23 bits per heavy atom. The Balaban J connectivity index is 1.78. The highest BCUT2D eigenvalue weighted by atomic mass is 35.5. The molecule has 1 N–H and O–H groups in total. The van der Waals surface area contributed by atoms with Gasteiger partial charge in [0, 0.05) is 5.02 Å². The van der Waals surface area contributed by atoms with Crippen molar-refractivity contribution in [1.82, 2.24) is 9.55 Å². The molecule has 3 aromatic rings. The average molecular weight is 385 g/mol. The number of hydrogen-bond donors (Lipinski definition) is 1. The first-order chi connectivity index (χ1) is 12.3. The molecule has 0 unspecified atom stereocenters. The van der Waals surface area contributed by atoms with Gasteiger partial charge in [0.15, 0.2) is 0 Å². The number of imidazole rings is 1. The van der Waals surface area contributed by atoms with Crippen LogP contribution in [0.15, 0.2) is 42.5 Å². The van der Waals surface area contributed by atoms with E-state index in [1.165, 1.54) is 12.1 Å². The lowest BCUT2D eigenvalue weighted by Gasteiger charge is -2.16. The molecule has 4 nitrogen and oxygen atoms in total. The molecular formula is C18H16ClF3N2O2. The van der Waals surface area contributed by atoms with Crippen LogP contribution in [-0.2, 0) is 12.7 Å². The van der Waals surface area contributed by atoms with Crippen LogP contribution in [0.4, 0.5) is 13.2 Å². The topological polar surface area (TPSA) is 47.3 Å².